The van der Waals surface area contributed by atoms with Gasteiger partial charge >= 0.3 is 6.61 Å². The number of rotatable bonds is 5. The van der Waals surface area contributed by atoms with Crippen LogP contribution in [0.3, 0.4) is 0 Å². The van der Waals surface area contributed by atoms with Crippen molar-refractivity contribution in [3.8, 4) is 5.75 Å². The molecular formula is C12H15ClF2N2O2. The Kier molecular flexibility index (Phi) is 5.98. The molecule has 1 heterocycles. The number of alkyl halides is 2. The van der Waals surface area contributed by atoms with Crippen molar-refractivity contribution >= 4 is 18.3 Å². The second kappa shape index (κ2) is 7.25. The predicted molar refractivity (Wildman–Crippen MR) is 69.0 cm³/mol. The third-order valence-electron chi connectivity index (χ3n) is 2.74. The number of hydrogen-bond donors (Lipinski definition) is 2. The number of carbonyl (C=O) groups excluding carboxylic acids is 1. The summed E-state index contributed by atoms with van der Waals surface area (Å²) in [6.07, 6.45) is 0. The SMILES string of the molecule is Cl.O=C(NCC1CNC1)c1cccc(OC(F)F)c1. The number of ether oxygens (including phenoxy) is 1. The van der Waals surface area contributed by atoms with Gasteiger partial charge in [0.2, 0.25) is 0 Å². The number of nitrogens with one attached hydrogen (secondary N) is 2. The van der Waals surface area contributed by atoms with E-state index in [2.05, 4.69) is 15.4 Å². The maximum atomic E-state index is 12.0. The van der Waals surface area contributed by atoms with Crippen LogP contribution in [-0.4, -0.2) is 32.2 Å². The summed E-state index contributed by atoms with van der Waals surface area (Å²) in [6, 6.07) is 5.77. The molecule has 0 spiro atoms. The van der Waals surface area contributed by atoms with E-state index >= 15 is 0 Å². The second-order valence-corrected chi connectivity index (χ2v) is 4.14. The second-order valence-electron chi connectivity index (χ2n) is 4.14. The predicted octanol–water partition coefficient (Wildman–Crippen LogP) is 1.66. The minimum Gasteiger partial charge on any atom is -0.435 e. The van der Waals surface area contributed by atoms with Crippen molar-refractivity contribution in [3.63, 3.8) is 0 Å². The number of benzene rings is 1. The van der Waals surface area contributed by atoms with Crippen LogP contribution in [0.2, 0.25) is 0 Å². The van der Waals surface area contributed by atoms with Crippen LogP contribution in [0.4, 0.5) is 8.78 Å². The number of hydrogen-bond acceptors (Lipinski definition) is 3. The zero-order valence-electron chi connectivity index (χ0n) is 10.1. The normalized spacial score (nSPS) is 14.5. The highest BCUT2D eigenvalue weighted by atomic mass is 35.5. The monoisotopic (exact) mass is 292 g/mol. The average molecular weight is 293 g/mol. The molecule has 2 rings (SSSR count). The first-order valence-corrected chi connectivity index (χ1v) is 5.69. The third kappa shape index (κ3) is 4.65. The van der Waals surface area contributed by atoms with Crippen molar-refractivity contribution in [2.24, 2.45) is 5.92 Å². The lowest BCUT2D eigenvalue weighted by Gasteiger charge is -2.27. The summed E-state index contributed by atoms with van der Waals surface area (Å²) in [7, 11) is 0. The van der Waals surface area contributed by atoms with Crippen LogP contribution in [0.25, 0.3) is 0 Å². The lowest BCUT2D eigenvalue weighted by molar-refractivity contribution is -0.0498. The van der Waals surface area contributed by atoms with E-state index in [4.69, 9.17) is 0 Å². The molecule has 106 valence electrons. The molecule has 19 heavy (non-hydrogen) atoms. The van der Waals surface area contributed by atoms with E-state index in [-0.39, 0.29) is 24.1 Å². The van der Waals surface area contributed by atoms with Crippen LogP contribution in [0.15, 0.2) is 24.3 Å². The minimum absolute atomic E-state index is 0. The molecule has 0 bridgehead atoms. The Balaban J connectivity index is 0.00000180. The highest BCUT2D eigenvalue weighted by Crippen LogP contribution is 2.16. The molecule has 1 aliphatic heterocycles. The molecular weight excluding hydrogens is 278 g/mol. The number of amides is 1. The minimum atomic E-state index is -2.88. The standard InChI is InChI=1S/C12H14F2N2O2.ClH/c13-12(14)18-10-3-1-2-9(4-10)11(17)16-7-8-5-15-6-8;/h1-4,8,12,15H,5-7H2,(H,16,17);1H. The molecule has 0 aliphatic carbocycles. The Labute approximate surface area is 115 Å². The molecule has 1 fully saturated rings. The van der Waals surface area contributed by atoms with Crippen LogP contribution in [-0.2, 0) is 0 Å². The number of carbonyl (C=O) groups is 1. The maximum Gasteiger partial charge on any atom is 0.387 e. The fourth-order valence-electron chi connectivity index (χ4n) is 1.65. The average Bonchev–Trinajstić information content (AvgIpc) is 2.26. The lowest BCUT2D eigenvalue weighted by Crippen LogP contribution is -2.48. The Bertz CT molecular complexity index is 428. The van der Waals surface area contributed by atoms with Gasteiger partial charge in [0.1, 0.15) is 5.75 Å². The van der Waals surface area contributed by atoms with Crippen molar-refractivity contribution in [2.45, 2.75) is 6.61 Å². The topological polar surface area (TPSA) is 50.4 Å². The molecule has 0 aromatic heterocycles. The smallest absolute Gasteiger partial charge is 0.387 e. The van der Waals surface area contributed by atoms with Gasteiger partial charge in [-0.15, -0.1) is 12.4 Å². The van der Waals surface area contributed by atoms with E-state index < -0.39 is 6.61 Å². The fourth-order valence-corrected chi connectivity index (χ4v) is 1.65. The quantitative estimate of drug-likeness (QED) is 0.868. The van der Waals surface area contributed by atoms with E-state index in [1.54, 1.807) is 6.07 Å². The molecule has 1 saturated heterocycles. The lowest BCUT2D eigenvalue weighted by atomic mass is 10.0. The van der Waals surface area contributed by atoms with Crippen LogP contribution in [0, 0.1) is 5.92 Å². The zero-order valence-corrected chi connectivity index (χ0v) is 10.9. The summed E-state index contributed by atoms with van der Waals surface area (Å²) in [6.45, 7) is -0.501. The van der Waals surface area contributed by atoms with Crippen LogP contribution < -0.4 is 15.4 Å². The zero-order chi connectivity index (χ0) is 13.0. The molecule has 2 N–H and O–H groups in total. The molecule has 4 nitrogen and oxygen atoms in total. The summed E-state index contributed by atoms with van der Waals surface area (Å²) in [5.74, 6) is 0.166. The van der Waals surface area contributed by atoms with Crippen molar-refractivity contribution in [1.82, 2.24) is 10.6 Å². The first-order chi connectivity index (χ1) is 8.65. The van der Waals surface area contributed by atoms with Gasteiger partial charge < -0.3 is 15.4 Å². The molecule has 1 aromatic rings. The van der Waals surface area contributed by atoms with Gasteiger partial charge in [0.05, 0.1) is 0 Å². The molecule has 1 amide bonds. The largest absolute Gasteiger partial charge is 0.435 e. The summed E-state index contributed by atoms with van der Waals surface area (Å²) in [4.78, 5) is 11.8. The highest BCUT2D eigenvalue weighted by Gasteiger charge is 2.17. The van der Waals surface area contributed by atoms with Gasteiger partial charge in [0, 0.05) is 31.1 Å². The van der Waals surface area contributed by atoms with Gasteiger partial charge in [-0.1, -0.05) is 6.07 Å². The van der Waals surface area contributed by atoms with E-state index in [1.807, 2.05) is 0 Å². The van der Waals surface area contributed by atoms with Gasteiger partial charge in [-0.2, -0.15) is 8.78 Å². The maximum absolute atomic E-state index is 12.0. The van der Waals surface area contributed by atoms with Gasteiger partial charge in [0.25, 0.3) is 5.91 Å². The summed E-state index contributed by atoms with van der Waals surface area (Å²) < 4.78 is 28.3. The van der Waals surface area contributed by atoms with Gasteiger partial charge in [-0.3, -0.25) is 4.79 Å². The Morgan fingerprint density at radius 3 is 2.79 bits per heavy atom. The summed E-state index contributed by atoms with van der Waals surface area (Å²) in [5.41, 5.74) is 0.320. The van der Waals surface area contributed by atoms with Gasteiger partial charge in [-0.25, -0.2) is 0 Å². The molecule has 7 heteroatoms. The van der Waals surface area contributed by atoms with Gasteiger partial charge in [0.15, 0.2) is 0 Å². The first-order valence-electron chi connectivity index (χ1n) is 5.69. The Morgan fingerprint density at radius 2 is 2.21 bits per heavy atom. The Hall–Kier alpha value is -1.40. The molecule has 1 aliphatic rings. The molecule has 1 aromatic carbocycles. The van der Waals surface area contributed by atoms with Crippen LogP contribution in [0.1, 0.15) is 10.4 Å². The summed E-state index contributed by atoms with van der Waals surface area (Å²) in [5, 5.41) is 5.86. The molecule has 0 unspecified atom stereocenters. The third-order valence-corrected chi connectivity index (χ3v) is 2.74. The van der Waals surface area contributed by atoms with E-state index in [9.17, 15) is 13.6 Å². The van der Waals surface area contributed by atoms with Gasteiger partial charge in [-0.05, 0) is 18.2 Å². The molecule has 0 atom stereocenters. The van der Waals surface area contributed by atoms with Crippen LogP contribution >= 0.6 is 12.4 Å². The van der Waals surface area contributed by atoms with Crippen molar-refractivity contribution < 1.29 is 18.3 Å². The van der Waals surface area contributed by atoms with Crippen molar-refractivity contribution in [3.05, 3.63) is 29.8 Å². The first kappa shape index (κ1) is 15.7. The Morgan fingerprint density at radius 1 is 1.47 bits per heavy atom. The summed E-state index contributed by atoms with van der Waals surface area (Å²) >= 11 is 0. The fraction of sp³-hybridized carbons (Fsp3) is 0.417. The van der Waals surface area contributed by atoms with E-state index in [1.165, 1.54) is 18.2 Å². The molecule has 0 radical (unpaired) electrons. The number of halogens is 3. The van der Waals surface area contributed by atoms with Crippen molar-refractivity contribution in [1.29, 1.82) is 0 Å². The van der Waals surface area contributed by atoms with E-state index in [0.29, 0.717) is 18.0 Å². The molecule has 0 saturated carbocycles. The highest BCUT2D eigenvalue weighted by molar-refractivity contribution is 5.94. The van der Waals surface area contributed by atoms with Crippen LogP contribution in [0.5, 0.6) is 5.75 Å². The van der Waals surface area contributed by atoms with E-state index in [0.717, 1.165) is 13.1 Å². The van der Waals surface area contributed by atoms with Crippen molar-refractivity contribution in [2.75, 3.05) is 19.6 Å².